The van der Waals surface area contributed by atoms with Crippen LogP contribution in [-0.4, -0.2) is 34.5 Å². The molecule has 0 aliphatic rings. The Morgan fingerprint density at radius 2 is 1.92 bits per heavy atom. The number of benzene rings is 2. The topological polar surface area (TPSA) is 96.2 Å². The third-order valence-corrected chi connectivity index (χ3v) is 3.81. The molecule has 6 nitrogen and oxygen atoms in total. The van der Waals surface area contributed by atoms with E-state index in [0.29, 0.717) is 29.9 Å². The molecular formula is C20H22O6. The van der Waals surface area contributed by atoms with Gasteiger partial charge in [-0.05, 0) is 42.7 Å². The quantitative estimate of drug-likeness (QED) is 0.595. The van der Waals surface area contributed by atoms with Crippen molar-refractivity contribution in [3.05, 3.63) is 66.2 Å². The van der Waals surface area contributed by atoms with Gasteiger partial charge in [0, 0.05) is 6.08 Å². The van der Waals surface area contributed by atoms with Gasteiger partial charge in [-0.1, -0.05) is 30.3 Å². The van der Waals surface area contributed by atoms with Crippen LogP contribution in [0.5, 0.6) is 17.2 Å². The van der Waals surface area contributed by atoms with Crippen molar-refractivity contribution in [2.24, 2.45) is 0 Å². The summed E-state index contributed by atoms with van der Waals surface area (Å²) in [7, 11) is 1.45. The second kappa shape index (κ2) is 9.48. The number of ether oxygens (including phenoxy) is 2. The number of carboxylic acid groups (broad SMARTS) is 1. The number of carbonyl (C=O) groups is 1. The minimum atomic E-state index is -1.02. The van der Waals surface area contributed by atoms with E-state index >= 15 is 0 Å². The van der Waals surface area contributed by atoms with E-state index in [2.05, 4.69) is 0 Å². The minimum Gasteiger partial charge on any atom is -0.504 e. The molecule has 6 heteroatoms. The number of aliphatic hydroxyl groups is 1. The van der Waals surface area contributed by atoms with Crippen LogP contribution >= 0.6 is 0 Å². The largest absolute Gasteiger partial charge is 0.504 e. The first-order valence-corrected chi connectivity index (χ1v) is 8.17. The molecule has 0 aliphatic heterocycles. The molecule has 0 unspecified atom stereocenters. The van der Waals surface area contributed by atoms with Crippen molar-refractivity contribution in [1.82, 2.24) is 0 Å². The molecule has 0 fully saturated rings. The summed E-state index contributed by atoms with van der Waals surface area (Å²) < 4.78 is 10.9. The van der Waals surface area contributed by atoms with Crippen LogP contribution < -0.4 is 9.47 Å². The fourth-order valence-corrected chi connectivity index (χ4v) is 2.51. The van der Waals surface area contributed by atoms with Gasteiger partial charge in [-0.25, -0.2) is 4.79 Å². The molecule has 0 heterocycles. The number of hydrogen-bond donors (Lipinski definition) is 3. The molecule has 2 aromatic rings. The van der Waals surface area contributed by atoms with Gasteiger partial charge in [0.05, 0.1) is 7.11 Å². The Bertz CT molecular complexity index is 741. The van der Waals surface area contributed by atoms with Gasteiger partial charge in [0.1, 0.15) is 18.0 Å². The number of phenols is 1. The molecule has 0 bridgehead atoms. The summed E-state index contributed by atoms with van der Waals surface area (Å²) in [5.41, 5.74) is 0.478. The SMILES string of the molecule is COc1ccc([C@@H](O)[C@@H](CC/C=C/C(=O)O)Oc2ccccc2)cc1O. The lowest BCUT2D eigenvalue weighted by molar-refractivity contribution is -0.131. The summed E-state index contributed by atoms with van der Waals surface area (Å²) in [6.45, 7) is 0. The third-order valence-electron chi connectivity index (χ3n) is 3.81. The molecule has 0 saturated carbocycles. The van der Waals surface area contributed by atoms with Gasteiger partial charge in [0.25, 0.3) is 0 Å². The van der Waals surface area contributed by atoms with E-state index in [1.165, 1.54) is 19.3 Å². The number of carboxylic acids is 1. The van der Waals surface area contributed by atoms with Crippen molar-refractivity contribution in [1.29, 1.82) is 0 Å². The van der Waals surface area contributed by atoms with Crippen molar-refractivity contribution in [3.63, 3.8) is 0 Å². The number of aromatic hydroxyl groups is 1. The highest BCUT2D eigenvalue weighted by Gasteiger charge is 2.23. The maximum absolute atomic E-state index is 10.7. The lowest BCUT2D eigenvalue weighted by Gasteiger charge is -2.24. The first kappa shape index (κ1) is 19.3. The van der Waals surface area contributed by atoms with Gasteiger partial charge in [-0.3, -0.25) is 0 Å². The second-order valence-electron chi connectivity index (χ2n) is 5.66. The Morgan fingerprint density at radius 1 is 1.19 bits per heavy atom. The van der Waals surface area contributed by atoms with E-state index in [9.17, 15) is 15.0 Å². The van der Waals surface area contributed by atoms with Crippen molar-refractivity contribution in [2.75, 3.05) is 7.11 Å². The number of phenolic OH excluding ortho intramolecular Hbond substituents is 1. The number of rotatable bonds is 9. The van der Waals surface area contributed by atoms with E-state index < -0.39 is 18.2 Å². The molecule has 0 radical (unpaired) electrons. The summed E-state index contributed by atoms with van der Waals surface area (Å²) in [4.78, 5) is 10.6. The molecular weight excluding hydrogens is 336 g/mol. The fraction of sp³-hybridized carbons (Fsp3) is 0.250. The molecule has 26 heavy (non-hydrogen) atoms. The van der Waals surface area contributed by atoms with Gasteiger partial charge in [-0.15, -0.1) is 0 Å². The minimum absolute atomic E-state index is 0.0757. The van der Waals surface area contributed by atoms with Crippen LogP contribution in [0.3, 0.4) is 0 Å². The summed E-state index contributed by atoms with van der Waals surface area (Å²) in [5, 5.41) is 29.3. The number of aliphatic hydroxyl groups excluding tert-OH is 1. The monoisotopic (exact) mass is 358 g/mol. The predicted octanol–water partition coefficient (Wildman–Crippen LogP) is 3.30. The van der Waals surface area contributed by atoms with E-state index in [1.54, 1.807) is 24.3 Å². The number of methoxy groups -OCH3 is 1. The van der Waals surface area contributed by atoms with Crippen molar-refractivity contribution in [3.8, 4) is 17.2 Å². The second-order valence-corrected chi connectivity index (χ2v) is 5.66. The summed E-state index contributed by atoms with van der Waals surface area (Å²) in [6, 6.07) is 13.7. The van der Waals surface area contributed by atoms with Gasteiger partial charge in [0.2, 0.25) is 0 Å². The zero-order valence-corrected chi connectivity index (χ0v) is 14.4. The lowest BCUT2D eigenvalue weighted by Crippen LogP contribution is -2.25. The molecule has 2 rings (SSSR count). The van der Waals surface area contributed by atoms with E-state index in [-0.39, 0.29) is 5.75 Å². The zero-order valence-electron chi connectivity index (χ0n) is 14.4. The van der Waals surface area contributed by atoms with Crippen LogP contribution in [0, 0.1) is 0 Å². The molecule has 0 aliphatic carbocycles. The molecule has 0 aromatic heterocycles. The third kappa shape index (κ3) is 5.53. The average Bonchev–Trinajstić information content (AvgIpc) is 2.64. The summed E-state index contributed by atoms with van der Waals surface area (Å²) in [5.74, 6) is -0.193. The van der Waals surface area contributed by atoms with Crippen LogP contribution in [0.2, 0.25) is 0 Å². The number of allylic oxidation sites excluding steroid dienone is 1. The normalized spacial score (nSPS) is 13.3. The molecule has 3 N–H and O–H groups in total. The van der Waals surface area contributed by atoms with Crippen LogP contribution in [0.4, 0.5) is 0 Å². The molecule has 2 atom stereocenters. The Morgan fingerprint density at radius 3 is 2.54 bits per heavy atom. The van der Waals surface area contributed by atoms with Gasteiger partial charge >= 0.3 is 5.97 Å². The van der Waals surface area contributed by atoms with E-state index in [4.69, 9.17) is 14.6 Å². The molecule has 0 amide bonds. The molecule has 0 saturated heterocycles. The van der Waals surface area contributed by atoms with Crippen molar-refractivity contribution >= 4 is 5.97 Å². The fourth-order valence-electron chi connectivity index (χ4n) is 2.51. The molecule has 2 aromatic carbocycles. The average molecular weight is 358 g/mol. The van der Waals surface area contributed by atoms with Crippen molar-refractivity contribution in [2.45, 2.75) is 25.0 Å². The van der Waals surface area contributed by atoms with Gasteiger partial charge in [-0.2, -0.15) is 0 Å². The predicted molar refractivity (Wildman–Crippen MR) is 96.5 cm³/mol. The highest BCUT2D eigenvalue weighted by Crippen LogP contribution is 2.32. The van der Waals surface area contributed by atoms with E-state index in [0.717, 1.165) is 6.08 Å². The van der Waals surface area contributed by atoms with Crippen LogP contribution in [0.25, 0.3) is 0 Å². The van der Waals surface area contributed by atoms with Crippen LogP contribution in [-0.2, 0) is 4.79 Å². The summed E-state index contributed by atoms with van der Waals surface area (Å²) >= 11 is 0. The Balaban J connectivity index is 2.17. The van der Waals surface area contributed by atoms with Gasteiger partial charge in [0.15, 0.2) is 11.5 Å². The van der Waals surface area contributed by atoms with Crippen LogP contribution in [0.15, 0.2) is 60.7 Å². The van der Waals surface area contributed by atoms with Crippen LogP contribution in [0.1, 0.15) is 24.5 Å². The molecule has 0 spiro atoms. The molecule has 138 valence electrons. The zero-order chi connectivity index (χ0) is 18.9. The lowest BCUT2D eigenvalue weighted by atomic mass is 10.00. The van der Waals surface area contributed by atoms with E-state index in [1.807, 2.05) is 18.2 Å². The number of para-hydroxylation sites is 1. The Kier molecular flexibility index (Phi) is 7.05. The first-order chi connectivity index (χ1) is 12.5. The maximum atomic E-state index is 10.7. The standard InChI is InChI=1S/C20H22O6/c1-25-17-12-11-14(13-16(17)21)20(24)18(9-5-6-10-19(22)23)26-15-7-3-2-4-8-15/h2-4,6-8,10-13,18,20-21,24H,5,9H2,1H3,(H,22,23)/b10-6+/t18-,20-/m1/s1. The smallest absolute Gasteiger partial charge is 0.327 e. The maximum Gasteiger partial charge on any atom is 0.327 e. The summed E-state index contributed by atoms with van der Waals surface area (Å²) in [6.07, 6.45) is 1.76. The first-order valence-electron chi connectivity index (χ1n) is 8.17. The number of aliphatic carboxylic acids is 1. The Hall–Kier alpha value is -2.99. The Labute approximate surface area is 151 Å². The number of hydrogen-bond acceptors (Lipinski definition) is 5. The highest BCUT2D eigenvalue weighted by atomic mass is 16.5. The van der Waals surface area contributed by atoms with Gasteiger partial charge < -0.3 is 24.8 Å². The van der Waals surface area contributed by atoms with Crippen molar-refractivity contribution < 1.29 is 29.6 Å². The highest BCUT2D eigenvalue weighted by molar-refractivity contribution is 5.79.